The van der Waals surface area contributed by atoms with Gasteiger partial charge >= 0.3 is 6.18 Å². The van der Waals surface area contributed by atoms with Crippen LogP contribution in [0.1, 0.15) is 16.7 Å². The van der Waals surface area contributed by atoms with Crippen molar-refractivity contribution in [1.82, 2.24) is 9.97 Å². The van der Waals surface area contributed by atoms with Gasteiger partial charge in [-0.3, -0.25) is 4.98 Å². The number of halogens is 3. The van der Waals surface area contributed by atoms with Gasteiger partial charge in [0.15, 0.2) is 5.13 Å². The third-order valence-electron chi connectivity index (χ3n) is 6.54. The van der Waals surface area contributed by atoms with E-state index in [1.807, 2.05) is 0 Å². The minimum atomic E-state index is -4.53. The molecule has 212 valence electrons. The van der Waals surface area contributed by atoms with Crippen LogP contribution in [0.3, 0.4) is 0 Å². The summed E-state index contributed by atoms with van der Waals surface area (Å²) in [6, 6.07) is 15.0. The van der Waals surface area contributed by atoms with Gasteiger partial charge in [-0.1, -0.05) is 18.2 Å². The summed E-state index contributed by atoms with van der Waals surface area (Å²) < 4.78 is 79.8. The van der Waals surface area contributed by atoms with Crippen LogP contribution in [0.15, 0.2) is 83.3 Å². The highest BCUT2D eigenvalue weighted by atomic mass is 32.2. The van der Waals surface area contributed by atoms with Crippen LogP contribution in [0.2, 0.25) is 0 Å². The number of aryl methyl sites for hydroxylation is 1. The van der Waals surface area contributed by atoms with Crippen molar-refractivity contribution in [3.05, 3.63) is 95.1 Å². The van der Waals surface area contributed by atoms with Gasteiger partial charge in [0.25, 0.3) is 10.0 Å². The maximum Gasteiger partial charge on any atom is 0.416 e. The molecule has 0 fully saturated rings. The van der Waals surface area contributed by atoms with Crippen LogP contribution in [-0.4, -0.2) is 32.6 Å². The number of aromatic nitrogens is 2. The highest BCUT2D eigenvalue weighted by Gasteiger charge is 2.32. The van der Waals surface area contributed by atoms with E-state index in [0.29, 0.717) is 38.5 Å². The Morgan fingerprint density at radius 1 is 0.902 bits per heavy atom. The lowest BCUT2D eigenvalue weighted by Gasteiger charge is -2.23. The number of nitrogens with zero attached hydrogens (tertiary/aromatic N) is 3. The molecule has 0 unspecified atom stereocenters. The fourth-order valence-corrected chi connectivity index (χ4v) is 6.93. The average molecular weight is 600 g/mol. The fourth-order valence-electron chi connectivity index (χ4n) is 4.55. The first-order chi connectivity index (χ1) is 19.5. The summed E-state index contributed by atoms with van der Waals surface area (Å²) in [5.74, 6) is 0.687. The molecule has 0 aliphatic rings. The SMILES string of the molecule is COc1ccc(CN(c2nccs2)S(=O)(=O)c2cc(C)c3c(-c4ccc(C(F)(F)F)cc4OC)ccnc3c2)cc1. The van der Waals surface area contributed by atoms with Crippen molar-refractivity contribution in [3.63, 3.8) is 0 Å². The standard InChI is InChI=1S/C29H24F3N3O4S2/c1-18-14-22(41(36,37)35(28-34-12-13-40-28)17-19-4-7-21(38-2)8-5-19)16-25-27(18)24(10-11-33-25)23-9-6-20(29(30,31)32)15-26(23)39-3/h4-16H,17H2,1-3H3. The number of pyridine rings is 1. The van der Waals surface area contributed by atoms with E-state index >= 15 is 0 Å². The molecule has 5 aromatic rings. The van der Waals surface area contributed by atoms with Crippen LogP contribution in [0, 0.1) is 6.92 Å². The number of ether oxygens (including phenoxy) is 2. The highest BCUT2D eigenvalue weighted by Crippen LogP contribution is 2.41. The number of benzene rings is 3. The summed E-state index contributed by atoms with van der Waals surface area (Å²) in [6.07, 6.45) is -1.51. The van der Waals surface area contributed by atoms with Crippen molar-refractivity contribution < 1.29 is 31.1 Å². The normalized spacial score (nSPS) is 12.0. The molecule has 0 spiro atoms. The monoisotopic (exact) mass is 599 g/mol. The van der Waals surface area contributed by atoms with Gasteiger partial charge in [0.2, 0.25) is 0 Å². The Morgan fingerprint density at radius 2 is 1.66 bits per heavy atom. The number of rotatable bonds is 8. The van der Waals surface area contributed by atoms with Gasteiger partial charge in [-0.05, 0) is 66.1 Å². The van der Waals surface area contributed by atoms with E-state index < -0.39 is 21.8 Å². The van der Waals surface area contributed by atoms with Gasteiger partial charge < -0.3 is 9.47 Å². The Balaban J connectivity index is 1.61. The Hall–Kier alpha value is -4.16. The molecule has 0 aliphatic heterocycles. The number of sulfonamides is 1. The largest absolute Gasteiger partial charge is 0.497 e. The third kappa shape index (κ3) is 5.57. The smallest absolute Gasteiger partial charge is 0.416 e. The Bertz CT molecular complexity index is 1810. The van der Waals surface area contributed by atoms with Crippen LogP contribution in [0.25, 0.3) is 22.0 Å². The van der Waals surface area contributed by atoms with E-state index in [4.69, 9.17) is 9.47 Å². The zero-order valence-electron chi connectivity index (χ0n) is 22.1. The summed E-state index contributed by atoms with van der Waals surface area (Å²) in [5.41, 5.74) is 1.84. The zero-order chi connectivity index (χ0) is 29.4. The van der Waals surface area contributed by atoms with Gasteiger partial charge in [-0.25, -0.2) is 17.7 Å². The molecule has 2 aromatic heterocycles. The summed E-state index contributed by atoms with van der Waals surface area (Å²) >= 11 is 1.20. The number of hydrogen-bond acceptors (Lipinski definition) is 7. The minimum Gasteiger partial charge on any atom is -0.497 e. The molecule has 0 bridgehead atoms. The maximum atomic E-state index is 14.1. The number of fused-ring (bicyclic) bond motifs is 1. The van der Waals surface area contributed by atoms with Gasteiger partial charge in [-0.2, -0.15) is 13.2 Å². The second kappa shape index (κ2) is 11.0. The predicted molar refractivity (Wildman–Crippen MR) is 152 cm³/mol. The second-order valence-corrected chi connectivity index (χ2v) is 11.8. The van der Waals surface area contributed by atoms with Crippen LogP contribution >= 0.6 is 11.3 Å². The average Bonchev–Trinajstić information content (AvgIpc) is 3.49. The van der Waals surface area contributed by atoms with Gasteiger partial charge in [-0.15, -0.1) is 11.3 Å². The molecule has 7 nitrogen and oxygen atoms in total. The summed E-state index contributed by atoms with van der Waals surface area (Å²) in [6.45, 7) is 1.77. The molecular formula is C29H24F3N3O4S2. The topological polar surface area (TPSA) is 81.6 Å². The molecule has 0 aliphatic carbocycles. The maximum absolute atomic E-state index is 14.1. The first kappa shape index (κ1) is 28.4. The first-order valence-electron chi connectivity index (χ1n) is 12.2. The molecule has 0 saturated heterocycles. The van der Waals surface area contributed by atoms with Gasteiger partial charge in [0.05, 0.1) is 36.7 Å². The number of alkyl halides is 3. The Labute approximate surface area is 238 Å². The van der Waals surface area contributed by atoms with Crippen LogP contribution in [-0.2, 0) is 22.7 Å². The highest BCUT2D eigenvalue weighted by molar-refractivity contribution is 7.93. The lowest BCUT2D eigenvalue weighted by molar-refractivity contribution is -0.137. The van der Waals surface area contributed by atoms with E-state index in [0.717, 1.165) is 17.7 Å². The predicted octanol–water partition coefficient (Wildman–Crippen LogP) is 7.10. The number of anilines is 1. The van der Waals surface area contributed by atoms with Crippen molar-refractivity contribution in [2.75, 3.05) is 18.5 Å². The molecule has 2 heterocycles. The van der Waals surface area contributed by atoms with Crippen LogP contribution in [0.4, 0.5) is 18.3 Å². The zero-order valence-corrected chi connectivity index (χ0v) is 23.8. The molecule has 0 N–H and O–H groups in total. The summed E-state index contributed by atoms with van der Waals surface area (Å²) in [4.78, 5) is 8.67. The molecule has 12 heteroatoms. The molecule has 0 atom stereocenters. The van der Waals surface area contributed by atoms with Crippen LogP contribution in [0.5, 0.6) is 11.5 Å². The molecule has 3 aromatic carbocycles. The van der Waals surface area contributed by atoms with E-state index in [1.54, 1.807) is 49.7 Å². The van der Waals surface area contributed by atoms with Crippen molar-refractivity contribution >= 4 is 37.4 Å². The van der Waals surface area contributed by atoms with Crippen molar-refractivity contribution in [3.8, 4) is 22.6 Å². The van der Waals surface area contributed by atoms with Crippen molar-refractivity contribution in [2.24, 2.45) is 0 Å². The lowest BCUT2D eigenvalue weighted by Crippen LogP contribution is -2.30. The van der Waals surface area contributed by atoms with Gasteiger partial charge in [0, 0.05) is 28.7 Å². The van der Waals surface area contributed by atoms with E-state index in [1.165, 1.54) is 53.3 Å². The number of hydrogen-bond donors (Lipinski definition) is 0. The van der Waals surface area contributed by atoms with E-state index in [2.05, 4.69) is 9.97 Å². The van der Waals surface area contributed by atoms with E-state index in [9.17, 15) is 21.6 Å². The minimum absolute atomic E-state index is 0.00949. The van der Waals surface area contributed by atoms with Gasteiger partial charge in [0.1, 0.15) is 11.5 Å². The molecule has 0 radical (unpaired) electrons. The second-order valence-electron chi connectivity index (χ2n) is 9.08. The Kier molecular flexibility index (Phi) is 7.62. The van der Waals surface area contributed by atoms with Crippen molar-refractivity contribution in [1.29, 1.82) is 0 Å². The van der Waals surface area contributed by atoms with E-state index in [-0.39, 0.29) is 17.2 Å². The lowest BCUT2D eigenvalue weighted by atomic mass is 9.96. The number of methoxy groups -OCH3 is 2. The molecule has 5 rings (SSSR count). The molecule has 0 saturated carbocycles. The first-order valence-corrected chi connectivity index (χ1v) is 14.5. The fraction of sp³-hybridized carbons (Fsp3) is 0.172. The molecule has 0 amide bonds. The Morgan fingerprint density at radius 3 is 2.29 bits per heavy atom. The molecular weight excluding hydrogens is 575 g/mol. The molecule has 41 heavy (non-hydrogen) atoms. The number of thiazole rings is 1. The summed E-state index contributed by atoms with van der Waals surface area (Å²) in [7, 11) is -1.25. The quantitative estimate of drug-likeness (QED) is 0.189. The third-order valence-corrected chi connectivity index (χ3v) is 9.16. The van der Waals surface area contributed by atoms with Crippen LogP contribution < -0.4 is 13.8 Å². The van der Waals surface area contributed by atoms with Crippen molar-refractivity contribution in [2.45, 2.75) is 24.5 Å². The summed E-state index contributed by atoms with van der Waals surface area (Å²) in [5, 5.41) is 2.60.